The summed E-state index contributed by atoms with van der Waals surface area (Å²) in [6.07, 6.45) is 4.57. The molecule has 0 spiro atoms. The second-order valence-electron chi connectivity index (χ2n) is 5.54. The lowest BCUT2D eigenvalue weighted by Gasteiger charge is -2.32. The maximum atomic E-state index is 6.13. The molecule has 2 N–H and O–H groups in total. The van der Waals surface area contributed by atoms with Crippen molar-refractivity contribution in [1.29, 1.82) is 0 Å². The van der Waals surface area contributed by atoms with E-state index in [1.807, 2.05) is 0 Å². The van der Waals surface area contributed by atoms with Crippen LogP contribution in [0.15, 0.2) is 60.7 Å². The van der Waals surface area contributed by atoms with Gasteiger partial charge in [-0.25, -0.2) is 0 Å². The van der Waals surface area contributed by atoms with E-state index in [0.717, 1.165) is 25.8 Å². The van der Waals surface area contributed by atoms with Crippen molar-refractivity contribution in [2.75, 3.05) is 6.54 Å². The second-order valence-corrected chi connectivity index (χ2v) is 5.54. The minimum atomic E-state index is 0.135. The third-order valence-corrected chi connectivity index (χ3v) is 4.42. The standard InChI is InChI=1S/C19H25N/c1-2-19(16-20,18-13-7-4-8-14-18)15-9-12-17-10-5-3-6-11-17/h3-8,10-11,13-14H,2,9,12,15-16,20H2,1H3. The summed E-state index contributed by atoms with van der Waals surface area (Å²) in [5.41, 5.74) is 9.07. The number of rotatable bonds is 7. The number of nitrogens with two attached hydrogens (primary N) is 1. The van der Waals surface area contributed by atoms with E-state index >= 15 is 0 Å². The molecule has 0 aromatic heterocycles. The van der Waals surface area contributed by atoms with Gasteiger partial charge in [0.15, 0.2) is 0 Å². The lowest BCUT2D eigenvalue weighted by Crippen LogP contribution is -2.34. The van der Waals surface area contributed by atoms with Gasteiger partial charge in [-0.3, -0.25) is 0 Å². The number of aryl methyl sites for hydroxylation is 1. The van der Waals surface area contributed by atoms with Gasteiger partial charge in [0.05, 0.1) is 0 Å². The van der Waals surface area contributed by atoms with Gasteiger partial charge in [0.2, 0.25) is 0 Å². The minimum Gasteiger partial charge on any atom is -0.330 e. The molecule has 0 radical (unpaired) electrons. The van der Waals surface area contributed by atoms with E-state index in [-0.39, 0.29) is 5.41 Å². The van der Waals surface area contributed by atoms with Crippen molar-refractivity contribution in [1.82, 2.24) is 0 Å². The topological polar surface area (TPSA) is 26.0 Å². The molecule has 0 bridgehead atoms. The Balaban J connectivity index is 2.03. The fourth-order valence-corrected chi connectivity index (χ4v) is 2.96. The Kier molecular flexibility index (Phi) is 5.37. The van der Waals surface area contributed by atoms with Gasteiger partial charge in [0.25, 0.3) is 0 Å². The molecule has 0 amide bonds. The maximum Gasteiger partial charge on any atom is 0.00730 e. The van der Waals surface area contributed by atoms with Crippen LogP contribution in [0.1, 0.15) is 37.3 Å². The molecule has 20 heavy (non-hydrogen) atoms. The minimum absolute atomic E-state index is 0.135. The lowest BCUT2D eigenvalue weighted by atomic mass is 9.74. The summed E-state index contributed by atoms with van der Waals surface area (Å²) in [4.78, 5) is 0. The Morgan fingerprint density at radius 2 is 1.50 bits per heavy atom. The molecule has 0 saturated heterocycles. The second kappa shape index (κ2) is 7.25. The molecule has 0 heterocycles. The van der Waals surface area contributed by atoms with Crippen LogP contribution < -0.4 is 5.73 Å². The van der Waals surface area contributed by atoms with Crippen molar-refractivity contribution >= 4 is 0 Å². The van der Waals surface area contributed by atoms with Crippen molar-refractivity contribution in [3.8, 4) is 0 Å². The largest absolute Gasteiger partial charge is 0.330 e. The zero-order chi connectivity index (χ0) is 14.3. The van der Waals surface area contributed by atoms with Crippen LogP contribution in [0.2, 0.25) is 0 Å². The summed E-state index contributed by atoms with van der Waals surface area (Å²) in [5.74, 6) is 0. The van der Waals surface area contributed by atoms with E-state index < -0.39 is 0 Å². The molecule has 1 unspecified atom stereocenters. The van der Waals surface area contributed by atoms with Crippen LogP contribution in [0.3, 0.4) is 0 Å². The predicted molar refractivity (Wildman–Crippen MR) is 86.8 cm³/mol. The van der Waals surface area contributed by atoms with Crippen molar-refractivity contribution in [2.24, 2.45) is 5.73 Å². The summed E-state index contributed by atoms with van der Waals surface area (Å²) in [6.45, 7) is 2.98. The molecule has 0 saturated carbocycles. The first-order valence-corrected chi connectivity index (χ1v) is 7.60. The van der Waals surface area contributed by atoms with Gasteiger partial charge in [-0.1, -0.05) is 67.6 Å². The fourth-order valence-electron chi connectivity index (χ4n) is 2.96. The summed E-state index contributed by atoms with van der Waals surface area (Å²) >= 11 is 0. The van der Waals surface area contributed by atoms with E-state index in [2.05, 4.69) is 67.6 Å². The van der Waals surface area contributed by atoms with E-state index in [1.165, 1.54) is 17.5 Å². The lowest BCUT2D eigenvalue weighted by molar-refractivity contribution is 0.378. The van der Waals surface area contributed by atoms with Crippen molar-refractivity contribution in [3.05, 3.63) is 71.8 Å². The summed E-state index contributed by atoms with van der Waals surface area (Å²) in [6, 6.07) is 21.5. The quantitative estimate of drug-likeness (QED) is 0.794. The Hall–Kier alpha value is -1.60. The molecule has 2 aromatic carbocycles. The highest BCUT2D eigenvalue weighted by Gasteiger charge is 2.27. The molecule has 1 nitrogen and oxygen atoms in total. The highest BCUT2D eigenvalue weighted by molar-refractivity contribution is 5.26. The first-order valence-electron chi connectivity index (χ1n) is 7.60. The average Bonchev–Trinajstić information content (AvgIpc) is 2.54. The zero-order valence-corrected chi connectivity index (χ0v) is 12.4. The number of hydrogen-bond acceptors (Lipinski definition) is 1. The van der Waals surface area contributed by atoms with Gasteiger partial charge >= 0.3 is 0 Å². The maximum absolute atomic E-state index is 6.13. The normalized spacial score (nSPS) is 13.9. The van der Waals surface area contributed by atoms with Gasteiger partial charge in [0, 0.05) is 12.0 Å². The molecule has 0 aliphatic rings. The number of hydrogen-bond donors (Lipinski definition) is 1. The fraction of sp³-hybridized carbons (Fsp3) is 0.368. The Morgan fingerprint density at radius 1 is 0.900 bits per heavy atom. The van der Waals surface area contributed by atoms with Crippen LogP contribution in [0.4, 0.5) is 0 Å². The highest BCUT2D eigenvalue weighted by atomic mass is 14.6. The van der Waals surface area contributed by atoms with Gasteiger partial charge < -0.3 is 5.73 Å². The Bertz CT molecular complexity index is 486. The Labute approximate surface area is 122 Å². The smallest absolute Gasteiger partial charge is 0.00730 e. The molecule has 2 aromatic rings. The van der Waals surface area contributed by atoms with E-state index in [9.17, 15) is 0 Å². The molecule has 1 heteroatoms. The first-order chi connectivity index (χ1) is 9.80. The predicted octanol–water partition coefficient (Wildman–Crippen LogP) is 4.32. The van der Waals surface area contributed by atoms with Crippen LogP contribution in [0.25, 0.3) is 0 Å². The third-order valence-electron chi connectivity index (χ3n) is 4.42. The van der Waals surface area contributed by atoms with Gasteiger partial charge in [-0.2, -0.15) is 0 Å². The molecule has 106 valence electrons. The van der Waals surface area contributed by atoms with Crippen molar-refractivity contribution < 1.29 is 0 Å². The van der Waals surface area contributed by atoms with Gasteiger partial charge in [0.1, 0.15) is 0 Å². The van der Waals surface area contributed by atoms with Gasteiger partial charge in [-0.05, 0) is 36.8 Å². The number of benzene rings is 2. The average molecular weight is 267 g/mol. The van der Waals surface area contributed by atoms with E-state index in [0.29, 0.717) is 0 Å². The summed E-state index contributed by atoms with van der Waals surface area (Å²) < 4.78 is 0. The molecule has 1 atom stereocenters. The molecule has 0 fully saturated rings. The van der Waals surface area contributed by atoms with Gasteiger partial charge in [-0.15, -0.1) is 0 Å². The van der Waals surface area contributed by atoms with Crippen LogP contribution in [0, 0.1) is 0 Å². The van der Waals surface area contributed by atoms with Crippen LogP contribution in [-0.4, -0.2) is 6.54 Å². The Morgan fingerprint density at radius 3 is 2.05 bits per heavy atom. The molecule has 0 aliphatic carbocycles. The first kappa shape index (κ1) is 14.8. The van der Waals surface area contributed by atoms with Crippen molar-refractivity contribution in [2.45, 2.75) is 38.0 Å². The molecule has 0 aliphatic heterocycles. The zero-order valence-electron chi connectivity index (χ0n) is 12.4. The SMILES string of the molecule is CCC(CN)(CCCc1ccccc1)c1ccccc1. The molecule has 2 rings (SSSR count). The van der Waals surface area contributed by atoms with Crippen molar-refractivity contribution in [3.63, 3.8) is 0 Å². The highest BCUT2D eigenvalue weighted by Crippen LogP contribution is 2.32. The van der Waals surface area contributed by atoms with Crippen LogP contribution in [0.5, 0.6) is 0 Å². The third kappa shape index (κ3) is 3.49. The molecular weight excluding hydrogens is 242 g/mol. The molecular formula is C19H25N. The monoisotopic (exact) mass is 267 g/mol. The van der Waals surface area contributed by atoms with E-state index in [1.54, 1.807) is 0 Å². The van der Waals surface area contributed by atoms with Crippen LogP contribution >= 0.6 is 0 Å². The van der Waals surface area contributed by atoms with E-state index in [4.69, 9.17) is 5.73 Å². The summed E-state index contributed by atoms with van der Waals surface area (Å²) in [5, 5.41) is 0. The summed E-state index contributed by atoms with van der Waals surface area (Å²) in [7, 11) is 0. The van der Waals surface area contributed by atoms with Crippen LogP contribution in [-0.2, 0) is 11.8 Å².